The van der Waals surface area contributed by atoms with Gasteiger partial charge in [0.25, 0.3) is 0 Å². The van der Waals surface area contributed by atoms with Crippen LogP contribution in [0.4, 0.5) is 0 Å². The zero-order chi connectivity index (χ0) is 14.5. The molecule has 3 rings (SSSR count). The first-order chi connectivity index (χ1) is 10.3. The largest absolute Gasteiger partial charge is 0.489 e. The molecule has 3 aromatic rings. The standard InChI is InChI=1S/C18H17NO2/c20-9-8-15-10-16-11-17(6-7-18(16)19-12-15)21-13-14-4-2-1-3-5-14/h1-7,10-12,20H,8-9,13H2. The number of benzene rings is 2. The van der Waals surface area contributed by atoms with Crippen LogP contribution in [0.5, 0.6) is 5.75 Å². The molecule has 0 spiro atoms. The molecule has 3 nitrogen and oxygen atoms in total. The van der Waals surface area contributed by atoms with E-state index in [2.05, 4.69) is 4.98 Å². The molecule has 0 unspecified atom stereocenters. The van der Waals surface area contributed by atoms with E-state index < -0.39 is 0 Å². The number of nitrogens with zero attached hydrogens (tertiary/aromatic N) is 1. The van der Waals surface area contributed by atoms with Crippen molar-refractivity contribution in [2.75, 3.05) is 6.61 Å². The second kappa shape index (κ2) is 6.37. The summed E-state index contributed by atoms with van der Waals surface area (Å²) in [6.07, 6.45) is 2.43. The lowest BCUT2D eigenvalue weighted by Crippen LogP contribution is -1.96. The number of aromatic nitrogens is 1. The van der Waals surface area contributed by atoms with Gasteiger partial charge in [0.15, 0.2) is 0 Å². The van der Waals surface area contributed by atoms with Crippen molar-refractivity contribution < 1.29 is 9.84 Å². The van der Waals surface area contributed by atoms with Crippen LogP contribution < -0.4 is 4.74 Å². The van der Waals surface area contributed by atoms with Crippen molar-refractivity contribution in [3.8, 4) is 5.75 Å². The van der Waals surface area contributed by atoms with Crippen LogP contribution in [0.2, 0.25) is 0 Å². The Bertz CT molecular complexity index is 726. The second-order valence-electron chi connectivity index (χ2n) is 4.95. The molecule has 0 saturated carbocycles. The van der Waals surface area contributed by atoms with E-state index in [4.69, 9.17) is 9.84 Å². The second-order valence-corrected chi connectivity index (χ2v) is 4.95. The molecule has 0 aliphatic heterocycles. The molecule has 2 aromatic carbocycles. The van der Waals surface area contributed by atoms with Gasteiger partial charge >= 0.3 is 0 Å². The number of rotatable bonds is 5. The van der Waals surface area contributed by atoms with E-state index >= 15 is 0 Å². The summed E-state index contributed by atoms with van der Waals surface area (Å²) in [6.45, 7) is 0.688. The van der Waals surface area contributed by atoms with Gasteiger partial charge in [0.2, 0.25) is 0 Å². The van der Waals surface area contributed by atoms with Crippen molar-refractivity contribution in [1.82, 2.24) is 4.98 Å². The van der Waals surface area contributed by atoms with Crippen LogP contribution in [0.15, 0.2) is 60.8 Å². The zero-order valence-electron chi connectivity index (χ0n) is 11.7. The molecule has 0 aliphatic rings. The first-order valence-corrected chi connectivity index (χ1v) is 7.01. The van der Waals surface area contributed by atoms with E-state index in [-0.39, 0.29) is 6.61 Å². The molecule has 3 heteroatoms. The summed E-state index contributed by atoms with van der Waals surface area (Å²) in [7, 11) is 0. The Labute approximate surface area is 123 Å². The van der Waals surface area contributed by atoms with Gasteiger partial charge in [0.05, 0.1) is 5.52 Å². The molecule has 0 amide bonds. The fourth-order valence-corrected chi connectivity index (χ4v) is 2.25. The predicted molar refractivity (Wildman–Crippen MR) is 83.3 cm³/mol. The van der Waals surface area contributed by atoms with E-state index in [0.29, 0.717) is 13.0 Å². The van der Waals surface area contributed by atoms with Crippen molar-refractivity contribution in [2.45, 2.75) is 13.0 Å². The molecule has 0 bridgehead atoms. The van der Waals surface area contributed by atoms with Crippen molar-refractivity contribution in [1.29, 1.82) is 0 Å². The van der Waals surface area contributed by atoms with Crippen molar-refractivity contribution >= 4 is 10.9 Å². The van der Waals surface area contributed by atoms with Crippen LogP contribution in [0.1, 0.15) is 11.1 Å². The minimum Gasteiger partial charge on any atom is -0.489 e. The molecular weight excluding hydrogens is 262 g/mol. The lowest BCUT2D eigenvalue weighted by molar-refractivity contribution is 0.299. The lowest BCUT2D eigenvalue weighted by Gasteiger charge is -2.08. The van der Waals surface area contributed by atoms with Crippen LogP contribution in [-0.4, -0.2) is 16.7 Å². The highest BCUT2D eigenvalue weighted by atomic mass is 16.5. The van der Waals surface area contributed by atoms with Gasteiger partial charge in [-0.1, -0.05) is 30.3 Å². The van der Waals surface area contributed by atoms with E-state index in [1.807, 2.05) is 60.8 Å². The number of hydrogen-bond donors (Lipinski definition) is 1. The maximum Gasteiger partial charge on any atom is 0.120 e. The van der Waals surface area contributed by atoms with Crippen LogP contribution in [-0.2, 0) is 13.0 Å². The number of aliphatic hydroxyl groups excluding tert-OH is 1. The number of fused-ring (bicyclic) bond motifs is 1. The molecule has 0 radical (unpaired) electrons. The van der Waals surface area contributed by atoms with Gasteiger partial charge in [-0.25, -0.2) is 0 Å². The normalized spacial score (nSPS) is 10.7. The number of ether oxygens (including phenoxy) is 1. The van der Waals surface area contributed by atoms with Gasteiger partial charge in [-0.3, -0.25) is 4.98 Å². The average molecular weight is 279 g/mol. The van der Waals surface area contributed by atoms with Crippen LogP contribution in [0.25, 0.3) is 10.9 Å². The molecule has 1 heterocycles. The fourth-order valence-electron chi connectivity index (χ4n) is 2.25. The number of hydrogen-bond acceptors (Lipinski definition) is 3. The quantitative estimate of drug-likeness (QED) is 0.779. The Morgan fingerprint density at radius 1 is 0.952 bits per heavy atom. The van der Waals surface area contributed by atoms with Gasteiger partial charge in [0.1, 0.15) is 12.4 Å². The lowest BCUT2D eigenvalue weighted by atomic mass is 10.1. The van der Waals surface area contributed by atoms with Crippen molar-refractivity contribution in [2.24, 2.45) is 0 Å². The minimum atomic E-state index is 0.136. The monoisotopic (exact) mass is 279 g/mol. The summed E-state index contributed by atoms with van der Waals surface area (Å²) in [5.74, 6) is 0.828. The maximum absolute atomic E-state index is 9.00. The molecular formula is C18H17NO2. The zero-order valence-corrected chi connectivity index (χ0v) is 11.7. The summed E-state index contributed by atoms with van der Waals surface area (Å²) in [6, 6.07) is 18.0. The maximum atomic E-state index is 9.00. The SMILES string of the molecule is OCCc1cnc2ccc(OCc3ccccc3)cc2c1. The van der Waals surface area contributed by atoms with Gasteiger partial charge in [-0.05, 0) is 41.8 Å². The highest BCUT2D eigenvalue weighted by molar-refractivity contribution is 5.80. The topological polar surface area (TPSA) is 42.4 Å². The number of pyridine rings is 1. The third-order valence-corrected chi connectivity index (χ3v) is 3.36. The molecule has 0 atom stereocenters. The smallest absolute Gasteiger partial charge is 0.120 e. The molecule has 21 heavy (non-hydrogen) atoms. The molecule has 0 fully saturated rings. The summed E-state index contributed by atoms with van der Waals surface area (Å²) in [4.78, 5) is 4.39. The Hall–Kier alpha value is -2.39. The van der Waals surface area contributed by atoms with E-state index in [0.717, 1.165) is 27.8 Å². The average Bonchev–Trinajstić information content (AvgIpc) is 2.54. The number of aliphatic hydroxyl groups is 1. The predicted octanol–water partition coefficient (Wildman–Crippen LogP) is 3.35. The third-order valence-electron chi connectivity index (χ3n) is 3.36. The van der Waals surface area contributed by atoms with Gasteiger partial charge in [0, 0.05) is 18.2 Å². The van der Waals surface area contributed by atoms with Crippen LogP contribution in [0.3, 0.4) is 0 Å². The van der Waals surface area contributed by atoms with Crippen molar-refractivity contribution in [3.63, 3.8) is 0 Å². The molecule has 0 saturated heterocycles. The summed E-state index contributed by atoms with van der Waals surface area (Å²) < 4.78 is 5.82. The van der Waals surface area contributed by atoms with Crippen LogP contribution >= 0.6 is 0 Å². The molecule has 1 aromatic heterocycles. The summed E-state index contributed by atoms with van der Waals surface area (Å²) in [5.41, 5.74) is 3.11. The summed E-state index contributed by atoms with van der Waals surface area (Å²) >= 11 is 0. The molecule has 0 aliphatic carbocycles. The Kier molecular flexibility index (Phi) is 4.12. The highest BCUT2D eigenvalue weighted by Gasteiger charge is 2.01. The summed E-state index contributed by atoms with van der Waals surface area (Å²) in [5, 5.41) is 10.0. The molecule has 1 N–H and O–H groups in total. The van der Waals surface area contributed by atoms with Crippen molar-refractivity contribution in [3.05, 3.63) is 71.9 Å². The van der Waals surface area contributed by atoms with Gasteiger partial charge in [-0.2, -0.15) is 0 Å². The van der Waals surface area contributed by atoms with Crippen LogP contribution in [0, 0.1) is 0 Å². The Morgan fingerprint density at radius 3 is 2.62 bits per heavy atom. The first-order valence-electron chi connectivity index (χ1n) is 7.01. The van der Waals surface area contributed by atoms with Gasteiger partial charge in [-0.15, -0.1) is 0 Å². The van der Waals surface area contributed by atoms with Gasteiger partial charge < -0.3 is 9.84 Å². The van der Waals surface area contributed by atoms with E-state index in [9.17, 15) is 0 Å². The van der Waals surface area contributed by atoms with E-state index in [1.54, 1.807) is 0 Å². The molecule has 106 valence electrons. The van der Waals surface area contributed by atoms with E-state index in [1.165, 1.54) is 0 Å². The Balaban J connectivity index is 1.79. The fraction of sp³-hybridized carbons (Fsp3) is 0.167. The minimum absolute atomic E-state index is 0.136. The first kappa shape index (κ1) is 13.6. The highest BCUT2D eigenvalue weighted by Crippen LogP contribution is 2.21. The third kappa shape index (κ3) is 3.38. The Morgan fingerprint density at radius 2 is 1.81 bits per heavy atom.